The van der Waals surface area contributed by atoms with E-state index in [1.807, 2.05) is 24.3 Å². The van der Waals surface area contributed by atoms with Crippen LogP contribution in [0.5, 0.6) is 0 Å². The average Bonchev–Trinajstić information content (AvgIpc) is 2.31. The van der Waals surface area contributed by atoms with Crippen molar-refractivity contribution in [2.45, 2.75) is 0 Å². The lowest BCUT2D eigenvalue weighted by molar-refractivity contribution is 1.47. The maximum absolute atomic E-state index is 3.91. The summed E-state index contributed by atoms with van der Waals surface area (Å²) in [6.45, 7) is 3.68. The Balaban J connectivity index is 2.98. The van der Waals surface area contributed by atoms with E-state index in [1.54, 1.807) is 19.3 Å². The Kier molecular flexibility index (Phi) is 3.06. The molecule has 1 aliphatic rings. The van der Waals surface area contributed by atoms with Gasteiger partial charge in [-0.3, -0.25) is 4.99 Å². The van der Waals surface area contributed by atoms with Crippen LogP contribution in [0.25, 0.3) is 0 Å². The molecule has 12 heavy (non-hydrogen) atoms. The van der Waals surface area contributed by atoms with E-state index in [0.717, 1.165) is 11.1 Å². The highest BCUT2D eigenvalue weighted by Gasteiger charge is 1.88. The molecule has 0 fully saturated rings. The maximum Gasteiger partial charge on any atom is 0.0359 e. The van der Waals surface area contributed by atoms with Gasteiger partial charge in [0.2, 0.25) is 0 Å². The standard InChI is InChI=1S/C11H11N/c1-3-10-5-4-6-11(8-7-10)9-12-2/h3-7,9H,1H2,2H3. The van der Waals surface area contributed by atoms with Crippen molar-refractivity contribution in [3.8, 4) is 0 Å². The van der Waals surface area contributed by atoms with Gasteiger partial charge in [-0.25, -0.2) is 0 Å². The fourth-order valence-electron chi connectivity index (χ4n) is 0.872. The molecule has 0 spiro atoms. The van der Waals surface area contributed by atoms with Gasteiger partial charge in [-0.15, -0.1) is 5.73 Å². The summed E-state index contributed by atoms with van der Waals surface area (Å²) >= 11 is 0. The minimum Gasteiger partial charge on any atom is -0.295 e. The normalized spacial score (nSPS) is 15.8. The maximum atomic E-state index is 3.91. The fourth-order valence-corrected chi connectivity index (χ4v) is 0.872. The summed E-state index contributed by atoms with van der Waals surface area (Å²) in [5, 5.41) is 0. The molecule has 0 aromatic carbocycles. The van der Waals surface area contributed by atoms with Gasteiger partial charge in [0, 0.05) is 18.8 Å². The minimum atomic E-state index is 0.977. The van der Waals surface area contributed by atoms with Gasteiger partial charge >= 0.3 is 0 Å². The molecule has 0 bridgehead atoms. The van der Waals surface area contributed by atoms with Gasteiger partial charge in [-0.1, -0.05) is 24.8 Å². The lowest BCUT2D eigenvalue weighted by Crippen LogP contribution is -1.74. The monoisotopic (exact) mass is 157 g/mol. The van der Waals surface area contributed by atoms with Crippen LogP contribution in [0.1, 0.15) is 0 Å². The van der Waals surface area contributed by atoms with Crippen molar-refractivity contribution in [2.75, 3.05) is 7.05 Å². The minimum absolute atomic E-state index is 0.977. The van der Waals surface area contributed by atoms with E-state index in [4.69, 9.17) is 0 Å². The summed E-state index contributed by atoms with van der Waals surface area (Å²) in [5.74, 6) is 0. The zero-order valence-corrected chi connectivity index (χ0v) is 7.12. The Hall–Kier alpha value is -1.59. The largest absolute Gasteiger partial charge is 0.295 e. The molecule has 0 N–H and O–H groups in total. The third-order valence-corrected chi connectivity index (χ3v) is 1.47. The summed E-state index contributed by atoms with van der Waals surface area (Å²) in [4.78, 5) is 3.91. The van der Waals surface area contributed by atoms with Gasteiger partial charge in [-0.05, 0) is 17.7 Å². The molecule has 0 radical (unpaired) electrons. The Morgan fingerprint density at radius 1 is 1.58 bits per heavy atom. The van der Waals surface area contributed by atoms with Crippen molar-refractivity contribution in [2.24, 2.45) is 4.99 Å². The summed E-state index contributed by atoms with van der Waals surface area (Å²) in [6, 6.07) is 0. The van der Waals surface area contributed by atoms with Crippen molar-refractivity contribution >= 4 is 6.21 Å². The molecule has 1 rings (SSSR count). The molecular weight excluding hydrogens is 146 g/mol. The predicted octanol–water partition coefficient (Wildman–Crippen LogP) is 2.45. The van der Waals surface area contributed by atoms with E-state index in [-0.39, 0.29) is 0 Å². The van der Waals surface area contributed by atoms with Gasteiger partial charge in [0.1, 0.15) is 0 Å². The molecule has 0 aromatic heterocycles. The second kappa shape index (κ2) is 4.32. The lowest BCUT2D eigenvalue weighted by atomic mass is 10.2. The summed E-state index contributed by atoms with van der Waals surface area (Å²) in [7, 11) is 1.75. The van der Waals surface area contributed by atoms with Crippen LogP contribution in [-0.4, -0.2) is 13.3 Å². The number of aliphatic imine (C=N–C) groups is 1. The van der Waals surface area contributed by atoms with Crippen LogP contribution in [0, 0.1) is 0 Å². The molecule has 0 aliphatic heterocycles. The van der Waals surface area contributed by atoms with Crippen LogP contribution in [0.3, 0.4) is 0 Å². The third kappa shape index (κ3) is 2.22. The van der Waals surface area contributed by atoms with Crippen LogP contribution in [0.2, 0.25) is 0 Å². The van der Waals surface area contributed by atoms with Crippen molar-refractivity contribution < 1.29 is 0 Å². The van der Waals surface area contributed by atoms with E-state index in [2.05, 4.69) is 17.3 Å². The van der Waals surface area contributed by atoms with Crippen molar-refractivity contribution in [1.82, 2.24) is 0 Å². The van der Waals surface area contributed by atoms with E-state index in [0.29, 0.717) is 0 Å². The third-order valence-electron chi connectivity index (χ3n) is 1.47. The molecule has 1 nitrogen and oxygen atoms in total. The topological polar surface area (TPSA) is 12.4 Å². The quantitative estimate of drug-likeness (QED) is 0.431. The summed E-state index contributed by atoms with van der Waals surface area (Å²) in [6.07, 6.45) is 11.4. The van der Waals surface area contributed by atoms with Crippen LogP contribution < -0.4 is 0 Å². The molecule has 0 saturated carbocycles. The second-order valence-corrected chi connectivity index (χ2v) is 2.36. The highest BCUT2D eigenvalue weighted by Crippen LogP contribution is 2.04. The fraction of sp³-hybridized carbons (Fsp3) is 0.0909. The number of hydrogen-bond acceptors (Lipinski definition) is 1. The molecular formula is C11H11N. The number of allylic oxidation sites excluding steroid dienone is 6. The highest BCUT2D eigenvalue weighted by atomic mass is 14.6. The first-order valence-electron chi connectivity index (χ1n) is 3.76. The molecule has 0 amide bonds. The van der Waals surface area contributed by atoms with Crippen LogP contribution in [0.4, 0.5) is 0 Å². The number of hydrogen-bond donors (Lipinski definition) is 0. The molecule has 0 saturated heterocycles. The number of nitrogens with zero attached hydrogens (tertiary/aromatic N) is 1. The zero-order chi connectivity index (χ0) is 8.81. The summed E-state index contributed by atoms with van der Waals surface area (Å²) in [5.41, 5.74) is 5.14. The van der Waals surface area contributed by atoms with Crippen molar-refractivity contribution in [3.63, 3.8) is 0 Å². The Morgan fingerprint density at radius 3 is 3.08 bits per heavy atom. The van der Waals surface area contributed by atoms with Gasteiger partial charge in [0.25, 0.3) is 0 Å². The first-order chi connectivity index (χ1) is 5.86. The Morgan fingerprint density at radius 2 is 2.42 bits per heavy atom. The van der Waals surface area contributed by atoms with Gasteiger partial charge < -0.3 is 0 Å². The zero-order valence-electron chi connectivity index (χ0n) is 7.12. The SMILES string of the molecule is C=CC1=CC=CC(C=NC)=C=C1. The van der Waals surface area contributed by atoms with Crippen molar-refractivity contribution in [3.05, 3.63) is 53.8 Å². The first-order valence-corrected chi connectivity index (χ1v) is 3.76. The highest BCUT2D eigenvalue weighted by molar-refractivity contribution is 5.82. The molecule has 0 atom stereocenters. The van der Waals surface area contributed by atoms with E-state index < -0.39 is 0 Å². The Bertz CT molecular complexity index is 321. The molecule has 60 valence electrons. The van der Waals surface area contributed by atoms with Crippen LogP contribution in [-0.2, 0) is 0 Å². The molecule has 1 aliphatic carbocycles. The van der Waals surface area contributed by atoms with Gasteiger partial charge in [0.05, 0.1) is 0 Å². The van der Waals surface area contributed by atoms with E-state index in [1.165, 1.54) is 0 Å². The summed E-state index contributed by atoms with van der Waals surface area (Å²) < 4.78 is 0. The molecule has 0 aromatic rings. The smallest absolute Gasteiger partial charge is 0.0359 e. The molecule has 1 heteroatoms. The van der Waals surface area contributed by atoms with E-state index in [9.17, 15) is 0 Å². The average molecular weight is 157 g/mol. The van der Waals surface area contributed by atoms with Crippen molar-refractivity contribution in [1.29, 1.82) is 0 Å². The number of rotatable bonds is 2. The molecule has 0 heterocycles. The first kappa shape index (κ1) is 8.51. The second-order valence-electron chi connectivity index (χ2n) is 2.36. The predicted molar refractivity (Wildman–Crippen MR) is 53.4 cm³/mol. The lowest BCUT2D eigenvalue weighted by Gasteiger charge is -1.82. The van der Waals surface area contributed by atoms with E-state index >= 15 is 0 Å². The Labute approximate surface area is 72.8 Å². The van der Waals surface area contributed by atoms with Crippen LogP contribution >= 0.6 is 0 Å². The van der Waals surface area contributed by atoms with Gasteiger partial charge in [0.15, 0.2) is 0 Å². The van der Waals surface area contributed by atoms with Gasteiger partial charge in [-0.2, -0.15) is 0 Å². The molecule has 0 unspecified atom stereocenters. The van der Waals surface area contributed by atoms with Crippen LogP contribution in [0.15, 0.2) is 58.8 Å².